The Morgan fingerprint density at radius 1 is 1.20 bits per heavy atom. The van der Waals surface area contributed by atoms with Crippen LogP contribution in [-0.4, -0.2) is 17.8 Å². The first kappa shape index (κ1) is 16.9. The second-order valence-corrected chi connectivity index (χ2v) is 5.38. The molecule has 0 heterocycles. The molecule has 0 amide bonds. The second-order valence-electron chi connectivity index (χ2n) is 5.38. The molecule has 1 aromatic rings. The predicted octanol–water partition coefficient (Wildman–Crippen LogP) is 4.22. The van der Waals surface area contributed by atoms with Gasteiger partial charge in [0.05, 0.1) is 12.6 Å². The lowest BCUT2D eigenvalue weighted by Crippen LogP contribution is -2.34. The molecular weight excluding hydrogens is 246 g/mol. The van der Waals surface area contributed by atoms with Gasteiger partial charge in [0, 0.05) is 6.04 Å². The second kappa shape index (κ2) is 10.6. The van der Waals surface area contributed by atoms with E-state index in [-0.39, 0.29) is 12.6 Å². The van der Waals surface area contributed by atoms with Crippen molar-refractivity contribution in [3.63, 3.8) is 0 Å². The van der Waals surface area contributed by atoms with Gasteiger partial charge in [0.2, 0.25) is 0 Å². The summed E-state index contributed by atoms with van der Waals surface area (Å²) >= 11 is 0. The van der Waals surface area contributed by atoms with Crippen LogP contribution in [0.15, 0.2) is 43.0 Å². The van der Waals surface area contributed by atoms with E-state index in [1.54, 1.807) is 0 Å². The zero-order chi connectivity index (χ0) is 14.6. The Morgan fingerprint density at radius 3 is 2.55 bits per heavy atom. The third-order valence-electron chi connectivity index (χ3n) is 3.68. The normalized spacial score (nSPS) is 13.9. The monoisotopic (exact) mass is 275 g/mol. The van der Waals surface area contributed by atoms with E-state index in [1.807, 2.05) is 24.3 Å². The minimum absolute atomic E-state index is 0.0207. The smallest absolute Gasteiger partial charge is 0.0626 e. The number of hydrogen-bond acceptors (Lipinski definition) is 2. The van der Waals surface area contributed by atoms with Gasteiger partial charge in [-0.25, -0.2) is 0 Å². The van der Waals surface area contributed by atoms with E-state index < -0.39 is 0 Å². The average molecular weight is 275 g/mol. The zero-order valence-corrected chi connectivity index (χ0v) is 12.7. The van der Waals surface area contributed by atoms with Gasteiger partial charge >= 0.3 is 0 Å². The van der Waals surface area contributed by atoms with E-state index in [0.717, 1.165) is 18.4 Å². The SMILES string of the molecule is C=CC[C@H](CCCCCC)N[C@@H](CO)c1ccccc1. The molecule has 0 unspecified atom stereocenters. The maximum Gasteiger partial charge on any atom is 0.0626 e. The third-order valence-corrected chi connectivity index (χ3v) is 3.68. The molecule has 0 bridgehead atoms. The van der Waals surface area contributed by atoms with Gasteiger partial charge in [-0.1, -0.05) is 69.0 Å². The van der Waals surface area contributed by atoms with Crippen molar-refractivity contribution in [2.45, 2.75) is 57.5 Å². The first-order valence-corrected chi connectivity index (χ1v) is 7.84. The fourth-order valence-electron chi connectivity index (χ4n) is 2.51. The quantitative estimate of drug-likeness (QED) is 0.468. The van der Waals surface area contributed by atoms with Gasteiger partial charge < -0.3 is 10.4 Å². The molecule has 112 valence electrons. The number of unbranched alkanes of at least 4 members (excludes halogenated alkanes) is 3. The van der Waals surface area contributed by atoms with Crippen molar-refractivity contribution < 1.29 is 5.11 Å². The Morgan fingerprint density at radius 2 is 1.95 bits per heavy atom. The molecule has 0 saturated carbocycles. The van der Waals surface area contributed by atoms with E-state index in [4.69, 9.17) is 0 Å². The highest BCUT2D eigenvalue weighted by molar-refractivity contribution is 5.19. The molecule has 2 atom stereocenters. The topological polar surface area (TPSA) is 32.3 Å². The standard InChI is InChI=1S/C18H29NO/c1-3-5-6-10-14-17(11-4-2)19-18(15-20)16-12-8-7-9-13-16/h4,7-9,12-13,17-20H,2-3,5-6,10-11,14-15H2,1H3/t17-,18+/m1/s1. The van der Waals surface area contributed by atoms with Gasteiger partial charge in [0.1, 0.15) is 0 Å². The van der Waals surface area contributed by atoms with Crippen molar-refractivity contribution in [1.29, 1.82) is 0 Å². The first-order chi connectivity index (χ1) is 9.81. The lowest BCUT2D eigenvalue weighted by molar-refractivity contribution is 0.229. The number of aliphatic hydroxyl groups excluding tert-OH is 1. The first-order valence-electron chi connectivity index (χ1n) is 7.84. The molecule has 0 aromatic heterocycles. The molecule has 1 aromatic carbocycles. The van der Waals surface area contributed by atoms with Crippen molar-refractivity contribution in [2.75, 3.05) is 6.61 Å². The van der Waals surface area contributed by atoms with Crippen molar-refractivity contribution in [1.82, 2.24) is 5.32 Å². The number of aliphatic hydroxyl groups is 1. The highest BCUT2D eigenvalue weighted by Crippen LogP contribution is 2.16. The molecule has 2 N–H and O–H groups in total. The fourth-order valence-corrected chi connectivity index (χ4v) is 2.51. The van der Waals surface area contributed by atoms with Gasteiger partial charge in [-0.15, -0.1) is 6.58 Å². The van der Waals surface area contributed by atoms with Gasteiger partial charge in [-0.05, 0) is 18.4 Å². The highest BCUT2D eigenvalue weighted by Gasteiger charge is 2.15. The van der Waals surface area contributed by atoms with Crippen LogP contribution in [0.25, 0.3) is 0 Å². The molecule has 1 rings (SSSR count). The average Bonchev–Trinajstić information content (AvgIpc) is 2.49. The summed E-state index contributed by atoms with van der Waals surface area (Å²) in [5.41, 5.74) is 1.15. The summed E-state index contributed by atoms with van der Waals surface area (Å²) in [5.74, 6) is 0. The summed E-state index contributed by atoms with van der Waals surface area (Å²) in [6, 6.07) is 10.6. The van der Waals surface area contributed by atoms with Crippen molar-refractivity contribution in [3.8, 4) is 0 Å². The van der Waals surface area contributed by atoms with Crippen molar-refractivity contribution in [2.24, 2.45) is 0 Å². The third kappa shape index (κ3) is 6.36. The number of nitrogens with one attached hydrogen (secondary N) is 1. The maximum absolute atomic E-state index is 9.62. The molecule has 2 nitrogen and oxygen atoms in total. The van der Waals surface area contributed by atoms with Gasteiger partial charge in [-0.3, -0.25) is 0 Å². The van der Waals surface area contributed by atoms with Crippen LogP contribution in [0.5, 0.6) is 0 Å². The summed E-state index contributed by atoms with van der Waals surface area (Å²) in [6.07, 6.45) is 9.18. The van der Waals surface area contributed by atoms with Gasteiger partial charge in [-0.2, -0.15) is 0 Å². The van der Waals surface area contributed by atoms with Crippen molar-refractivity contribution in [3.05, 3.63) is 48.6 Å². The van der Waals surface area contributed by atoms with E-state index in [9.17, 15) is 5.11 Å². The summed E-state index contributed by atoms with van der Waals surface area (Å²) in [4.78, 5) is 0. The van der Waals surface area contributed by atoms with Crippen LogP contribution in [0, 0.1) is 0 Å². The van der Waals surface area contributed by atoms with Crippen LogP contribution in [-0.2, 0) is 0 Å². The molecule has 0 fully saturated rings. The van der Waals surface area contributed by atoms with Gasteiger partial charge in [0.25, 0.3) is 0 Å². The van der Waals surface area contributed by atoms with Crippen LogP contribution in [0.4, 0.5) is 0 Å². The predicted molar refractivity (Wildman–Crippen MR) is 86.8 cm³/mol. The van der Waals surface area contributed by atoms with E-state index in [1.165, 1.54) is 25.7 Å². The minimum Gasteiger partial charge on any atom is -0.394 e. The molecular formula is C18H29NO. The van der Waals surface area contributed by atoms with Crippen LogP contribution >= 0.6 is 0 Å². The summed E-state index contributed by atoms with van der Waals surface area (Å²) in [6.45, 7) is 6.21. The Balaban J connectivity index is 2.51. The molecule has 0 aliphatic carbocycles. The Bertz CT molecular complexity index is 350. The Labute approximate surface area is 123 Å². The number of rotatable bonds is 11. The van der Waals surface area contributed by atoms with E-state index in [0.29, 0.717) is 6.04 Å². The summed E-state index contributed by atoms with van der Waals surface area (Å²) in [7, 11) is 0. The fraction of sp³-hybridized carbons (Fsp3) is 0.556. The Hall–Kier alpha value is -1.12. The zero-order valence-electron chi connectivity index (χ0n) is 12.7. The van der Waals surface area contributed by atoms with Gasteiger partial charge in [0.15, 0.2) is 0 Å². The maximum atomic E-state index is 9.62. The Kier molecular flexibility index (Phi) is 9.01. The van der Waals surface area contributed by atoms with E-state index >= 15 is 0 Å². The van der Waals surface area contributed by atoms with Crippen LogP contribution in [0.2, 0.25) is 0 Å². The number of benzene rings is 1. The molecule has 0 aliphatic rings. The molecule has 0 spiro atoms. The van der Waals surface area contributed by atoms with E-state index in [2.05, 4.69) is 31.0 Å². The number of hydrogen-bond donors (Lipinski definition) is 2. The minimum atomic E-state index is 0.0207. The molecule has 2 heteroatoms. The summed E-state index contributed by atoms with van der Waals surface area (Å²) in [5, 5.41) is 13.2. The van der Waals surface area contributed by atoms with Crippen LogP contribution < -0.4 is 5.32 Å². The molecule has 0 saturated heterocycles. The molecule has 0 radical (unpaired) electrons. The van der Waals surface area contributed by atoms with Crippen LogP contribution in [0.3, 0.4) is 0 Å². The van der Waals surface area contributed by atoms with Crippen molar-refractivity contribution >= 4 is 0 Å². The van der Waals surface area contributed by atoms with Crippen LogP contribution in [0.1, 0.15) is 57.1 Å². The lowest BCUT2D eigenvalue weighted by atomic mass is 10.0. The lowest BCUT2D eigenvalue weighted by Gasteiger charge is -2.24. The highest BCUT2D eigenvalue weighted by atomic mass is 16.3. The summed E-state index contributed by atoms with van der Waals surface area (Å²) < 4.78 is 0. The molecule has 0 aliphatic heterocycles. The largest absolute Gasteiger partial charge is 0.394 e. The molecule has 20 heavy (non-hydrogen) atoms.